The Morgan fingerprint density at radius 2 is 2.33 bits per heavy atom. The van der Waals surface area contributed by atoms with Crippen molar-refractivity contribution in [2.45, 2.75) is 19.3 Å². The van der Waals surface area contributed by atoms with Crippen LogP contribution in [0.3, 0.4) is 0 Å². The normalized spacial score (nSPS) is 21.6. The molecule has 0 bridgehead atoms. The third-order valence-corrected chi connectivity index (χ3v) is 4.23. The smallest absolute Gasteiger partial charge is 0.113 e. The van der Waals surface area contributed by atoms with Crippen molar-refractivity contribution < 1.29 is 0 Å². The summed E-state index contributed by atoms with van der Waals surface area (Å²) in [5.74, 6) is 1.93. The van der Waals surface area contributed by atoms with Gasteiger partial charge in [-0.1, -0.05) is 0 Å². The molecule has 3 rings (SSSR count). The van der Waals surface area contributed by atoms with E-state index in [4.69, 9.17) is 0 Å². The molecule has 1 aliphatic rings. The molecule has 0 aromatic carbocycles. The van der Waals surface area contributed by atoms with E-state index in [1.807, 2.05) is 6.20 Å². The number of hydrogen-bond donors (Lipinski definition) is 0. The predicted molar refractivity (Wildman–Crippen MR) is 76.8 cm³/mol. The zero-order valence-electron chi connectivity index (χ0n) is 10.6. The van der Waals surface area contributed by atoms with E-state index in [0.717, 1.165) is 16.8 Å². The molecule has 0 saturated carbocycles. The van der Waals surface area contributed by atoms with Crippen molar-refractivity contribution in [3.05, 3.63) is 34.8 Å². The van der Waals surface area contributed by atoms with Gasteiger partial charge >= 0.3 is 0 Å². The monoisotopic (exact) mass is 307 g/mol. The van der Waals surface area contributed by atoms with E-state index >= 15 is 0 Å². The van der Waals surface area contributed by atoms with Crippen LogP contribution in [0.15, 0.2) is 29.0 Å². The van der Waals surface area contributed by atoms with E-state index in [0.29, 0.717) is 0 Å². The number of aromatic nitrogens is 2. The van der Waals surface area contributed by atoms with Crippen LogP contribution in [0.4, 0.5) is 0 Å². The van der Waals surface area contributed by atoms with Crippen molar-refractivity contribution in [3.8, 4) is 0 Å². The van der Waals surface area contributed by atoms with Crippen LogP contribution in [0.2, 0.25) is 0 Å². The molecule has 1 fully saturated rings. The van der Waals surface area contributed by atoms with Gasteiger partial charge in [0.25, 0.3) is 0 Å². The summed E-state index contributed by atoms with van der Waals surface area (Å²) >= 11 is 3.53. The number of rotatable bonds is 2. The average Bonchev–Trinajstić information content (AvgIpc) is 2.72. The second-order valence-corrected chi connectivity index (χ2v) is 6.21. The highest BCUT2D eigenvalue weighted by atomic mass is 79.9. The van der Waals surface area contributed by atoms with Gasteiger partial charge in [-0.2, -0.15) is 0 Å². The second-order valence-electron chi connectivity index (χ2n) is 5.29. The van der Waals surface area contributed by atoms with Crippen LogP contribution in [0.5, 0.6) is 0 Å². The van der Waals surface area contributed by atoms with Crippen LogP contribution in [0.25, 0.3) is 5.52 Å². The van der Waals surface area contributed by atoms with Gasteiger partial charge < -0.3 is 9.30 Å². The fourth-order valence-electron chi connectivity index (χ4n) is 2.87. The van der Waals surface area contributed by atoms with E-state index in [2.05, 4.69) is 55.6 Å². The predicted octanol–water partition coefficient (Wildman–Crippen LogP) is 2.98. The zero-order valence-corrected chi connectivity index (χ0v) is 12.2. The molecular formula is C14H18BrN3. The highest BCUT2D eigenvalue weighted by Gasteiger charge is 2.19. The number of piperidine rings is 1. The zero-order chi connectivity index (χ0) is 12.5. The van der Waals surface area contributed by atoms with Gasteiger partial charge in [0.15, 0.2) is 0 Å². The summed E-state index contributed by atoms with van der Waals surface area (Å²) in [5.41, 5.74) is 1.18. The second kappa shape index (κ2) is 5.02. The molecule has 1 aliphatic heterocycles. The molecule has 96 valence electrons. The van der Waals surface area contributed by atoms with Crippen LogP contribution in [-0.2, 0) is 6.42 Å². The number of pyridine rings is 1. The molecule has 3 nitrogen and oxygen atoms in total. The third-order valence-electron chi connectivity index (χ3n) is 3.76. The Balaban J connectivity index is 1.83. The van der Waals surface area contributed by atoms with Crippen molar-refractivity contribution >= 4 is 21.4 Å². The van der Waals surface area contributed by atoms with Crippen molar-refractivity contribution in [1.29, 1.82) is 0 Å². The van der Waals surface area contributed by atoms with Gasteiger partial charge in [0.2, 0.25) is 0 Å². The molecule has 0 amide bonds. The number of nitrogens with zero attached hydrogens (tertiary/aromatic N) is 3. The van der Waals surface area contributed by atoms with Crippen molar-refractivity contribution in [1.82, 2.24) is 14.3 Å². The Morgan fingerprint density at radius 3 is 3.17 bits per heavy atom. The van der Waals surface area contributed by atoms with E-state index < -0.39 is 0 Å². The van der Waals surface area contributed by atoms with Gasteiger partial charge in [-0.05, 0) is 60.4 Å². The average molecular weight is 308 g/mol. The van der Waals surface area contributed by atoms with E-state index in [1.54, 1.807) is 0 Å². The highest BCUT2D eigenvalue weighted by molar-refractivity contribution is 9.10. The lowest BCUT2D eigenvalue weighted by Gasteiger charge is -2.29. The van der Waals surface area contributed by atoms with Crippen LogP contribution in [0.1, 0.15) is 18.7 Å². The molecule has 2 aromatic heterocycles. The lowest BCUT2D eigenvalue weighted by Crippen LogP contribution is -2.33. The maximum atomic E-state index is 4.58. The lowest BCUT2D eigenvalue weighted by molar-refractivity contribution is 0.207. The standard InChI is InChI=1S/C14H18BrN3/c1-17-6-2-3-11(9-17)7-14-16-8-13-5-4-12(15)10-18(13)14/h4-5,8,10-11H,2-3,6-7,9H2,1H3. The molecule has 1 unspecified atom stereocenters. The van der Waals surface area contributed by atoms with Gasteiger partial charge in [0, 0.05) is 23.6 Å². The molecule has 2 aromatic rings. The number of likely N-dealkylation sites (tertiary alicyclic amines) is 1. The molecule has 0 aliphatic carbocycles. The largest absolute Gasteiger partial charge is 0.306 e. The summed E-state index contributed by atoms with van der Waals surface area (Å²) in [7, 11) is 2.21. The van der Waals surface area contributed by atoms with Crippen molar-refractivity contribution in [2.75, 3.05) is 20.1 Å². The molecule has 18 heavy (non-hydrogen) atoms. The number of imidazole rings is 1. The van der Waals surface area contributed by atoms with Gasteiger partial charge in [0.1, 0.15) is 5.82 Å². The lowest BCUT2D eigenvalue weighted by atomic mass is 9.95. The van der Waals surface area contributed by atoms with E-state index in [9.17, 15) is 0 Å². The molecule has 3 heterocycles. The first-order chi connectivity index (χ1) is 8.72. The molecule has 1 atom stereocenters. The van der Waals surface area contributed by atoms with Gasteiger partial charge in [-0.15, -0.1) is 0 Å². The van der Waals surface area contributed by atoms with Crippen LogP contribution in [-0.4, -0.2) is 34.4 Å². The quantitative estimate of drug-likeness (QED) is 0.850. The summed E-state index contributed by atoms with van der Waals surface area (Å²) in [6.07, 6.45) is 7.80. The number of fused-ring (bicyclic) bond motifs is 1. The first kappa shape index (κ1) is 12.2. The third kappa shape index (κ3) is 2.45. The summed E-state index contributed by atoms with van der Waals surface area (Å²) < 4.78 is 3.31. The SMILES string of the molecule is CN1CCCC(Cc2ncc3ccc(Br)cn23)C1. The molecule has 0 radical (unpaired) electrons. The Morgan fingerprint density at radius 1 is 1.44 bits per heavy atom. The van der Waals surface area contributed by atoms with Gasteiger partial charge in [-0.3, -0.25) is 0 Å². The summed E-state index contributed by atoms with van der Waals surface area (Å²) in [6, 6.07) is 4.17. The van der Waals surface area contributed by atoms with Gasteiger partial charge in [-0.25, -0.2) is 4.98 Å². The molecular weight excluding hydrogens is 290 g/mol. The summed E-state index contributed by atoms with van der Waals surface area (Å²) in [4.78, 5) is 7.01. The fourth-order valence-corrected chi connectivity index (χ4v) is 3.20. The summed E-state index contributed by atoms with van der Waals surface area (Å²) in [5, 5.41) is 0. The minimum atomic E-state index is 0.744. The van der Waals surface area contributed by atoms with Crippen LogP contribution in [0, 0.1) is 5.92 Å². The number of hydrogen-bond acceptors (Lipinski definition) is 2. The fraction of sp³-hybridized carbons (Fsp3) is 0.500. The topological polar surface area (TPSA) is 20.5 Å². The minimum absolute atomic E-state index is 0.744. The highest BCUT2D eigenvalue weighted by Crippen LogP contribution is 2.21. The Bertz CT molecular complexity index is 549. The van der Waals surface area contributed by atoms with Crippen molar-refractivity contribution in [2.24, 2.45) is 5.92 Å². The van der Waals surface area contributed by atoms with Gasteiger partial charge in [0.05, 0.1) is 11.7 Å². The first-order valence-electron chi connectivity index (χ1n) is 6.52. The molecule has 0 spiro atoms. The minimum Gasteiger partial charge on any atom is -0.306 e. The molecule has 1 saturated heterocycles. The molecule has 0 N–H and O–H groups in total. The molecule has 4 heteroatoms. The van der Waals surface area contributed by atoms with Crippen LogP contribution < -0.4 is 0 Å². The maximum Gasteiger partial charge on any atom is 0.113 e. The first-order valence-corrected chi connectivity index (χ1v) is 7.32. The Hall–Kier alpha value is -0.870. The van der Waals surface area contributed by atoms with Crippen molar-refractivity contribution in [3.63, 3.8) is 0 Å². The number of halogens is 1. The maximum absolute atomic E-state index is 4.58. The summed E-state index contributed by atoms with van der Waals surface area (Å²) in [6.45, 7) is 2.44. The Labute approximate surface area is 116 Å². The van der Waals surface area contributed by atoms with E-state index in [-0.39, 0.29) is 0 Å². The van der Waals surface area contributed by atoms with Crippen LogP contribution >= 0.6 is 15.9 Å². The van der Waals surface area contributed by atoms with E-state index in [1.165, 1.54) is 37.3 Å². The Kier molecular flexibility index (Phi) is 3.39.